The van der Waals surface area contributed by atoms with Gasteiger partial charge in [0.15, 0.2) is 0 Å². The zero-order valence-electron chi connectivity index (χ0n) is 13.8. The molecule has 5 nitrogen and oxygen atoms in total. The molecule has 0 atom stereocenters. The van der Waals surface area contributed by atoms with E-state index in [9.17, 15) is 4.79 Å². The second-order valence-corrected chi connectivity index (χ2v) is 7.01. The summed E-state index contributed by atoms with van der Waals surface area (Å²) in [5.74, 6) is -0.704. The van der Waals surface area contributed by atoms with Crippen LogP contribution in [-0.4, -0.2) is 32.3 Å². The number of halogens is 1. The van der Waals surface area contributed by atoms with Gasteiger partial charge in [0.05, 0.1) is 25.4 Å². The summed E-state index contributed by atoms with van der Waals surface area (Å²) in [4.78, 5) is 14.7. The molecule has 1 fully saturated rings. The monoisotopic (exact) mass is 403 g/mol. The number of carbonyl (C=O) groups excluding carboxylic acids is 1. The minimum atomic E-state index is -1.30. The molecular formula is C19H18BrNO4. The van der Waals surface area contributed by atoms with Crippen LogP contribution in [0.5, 0.6) is 5.75 Å². The standard InChI is InChI=1S/C19H18BrNO4/c1-13-2-5-15(6-3-13)23-9-8-21-17-7-4-14(20)12-16(17)19(18(21)22)24-10-11-25-19/h2-7,12H,8-11H2,1H3. The van der Waals surface area contributed by atoms with Crippen molar-refractivity contribution in [2.24, 2.45) is 0 Å². The van der Waals surface area contributed by atoms with E-state index in [0.717, 1.165) is 21.5 Å². The van der Waals surface area contributed by atoms with E-state index in [1.807, 2.05) is 49.4 Å². The highest BCUT2D eigenvalue weighted by Crippen LogP contribution is 2.46. The minimum Gasteiger partial charge on any atom is -0.492 e. The van der Waals surface area contributed by atoms with Gasteiger partial charge in [-0.25, -0.2) is 0 Å². The second-order valence-electron chi connectivity index (χ2n) is 6.09. The van der Waals surface area contributed by atoms with E-state index >= 15 is 0 Å². The van der Waals surface area contributed by atoms with Crippen LogP contribution in [-0.2, 0) is 20.1 Å². The molecule has 2 aromatic carbocycles. The van der Waals surface area contributed by atoms with Crippen molar-refractivity contribution in [3.8, 4) is 5.75 Å². The van der Waals surface area contributed by atoms with Crippen molar-refractivity contribution in [3.05, 3.63) is 58.1 Å². The maximum Gasteiger partial charge on any atom is 0.292 e. The van der Waals surface area contributed by atoms with Crippen LogP contribution in [0.4, 0.5) is 5.69 Å². The van der Waals surface area contributed by atoms with E-state index in [2.05, 4.69) is 15.9 Å². The van der Waals surface area contributed by atoms with Crippen molar-refractivity contribution in [2.45, 2.75) is 12.7 Å². The molecule has 0 saturated carbocycles. The molecule has 1 amide bonds. The number of hydrogen-bond donors (Lipinski definition) is 0. The molecule has 0 aliphatic carbocycles. The molecule has 2 aliphatic rings. The number of ether oxygens (including phenoxy) is 3. The minimum absolute atomic E-state index is 0.189. The summed E-state index contributed by atoms with van der Waals surface area (Å²) in [6.45, 7) is 3.66. The number of anilines is 1. The molecule has 0 N–H and O–H groups in total. The maximum atomic E-state index is 13.0. The highest BCUT2D eigenvalue weighted by Gasteiger charge is 2.55. The lowest BCUT2D eigenvalue weighted by atomic mass is 10.1. The van der Waals surface area contributed by atoms with Gasteiger partial charge < -0.3 is 19.1 Å². The summed E-state index contributed by atoms with van der Waals surface area (Å²) in [5, 5.41) is 0. The van der Waals surface area contributed by atoms with Crippen molar-refractivity contribution < 1.29 is 19.0 Å². The first kappa shape index (κ1) is 16.6. The summed E-state index contributed by atoms with van der Waals surface area (Å²) < 4.78 is 18.1. The van der Waals surface area contributed by atoms with Crippen LogP contribution in [0.3, 0.4) is 0 Å². The molecule has 25 heavy (non-hydrogen) atoms. The van der Waals surface area contributed by atoms with Crippen LogP contribution in [0.15, 0.2) is 46.9 Å². The average molecular weight is 404 g/mol. The van der Waals surface area contributed by atoms with Crippen LogP contribution in [0.1, 0.15) is 11.1 Å². The first-order chi connectivity index (χ1) is 12.1. The Labute approximate surface area is 154 Å². The van der Waals surface area contributed by atoms with Gasteiger partial charge in [-0.1, -0.05) is 33.6 Å². The second kappa shape index (κ2) is 6.44. The van der Waals surface area contributed by atoms with Crippen LogP contribution in [0.2, 0.25) is 0 Å². The Morgan fingerprint density at radius 2 is 1.88 bits per heavy atom. The predicted octanol–water partition coefficient (Wildman–Crippen LogP) is 3.38. The number of rotatable bonds is 4. The maximum absolute atomic E-state index is 13.0. The van der Waals surface area contributed by atoms with Crippen molar-refractivity contribution in [1.82, 2.24) is 0 Å². The van der Waals surface area contributed by atoms with Crippen molar-refractivity contribution in [2.75, 3.05) is 31.3 Å². The zero-order chi connectivity index (χ0) is 17.4. The summed E-state index contributed by atoms with van der Waals surface area (Å²) in [5.41, 5.74) is 2.74. The number of amides is 1. The average Bonchev–Trinajstić information content (AvgIpc) is 3.18. The third kappa shape index (κ3) is 2.84. The van der Waals surface area contributed by atoms with E-state index in [4.69, 9.17) is 14.2 Å². The normalized spacial score (nSPS) is 18.0. The van der Waals surface area contributed by atoms with Crippen LogP contribution >= 0.6 is 15.9 Å². The Morgan fingerprint density at radius 1 is 1.16 bits per heavy atom. The van der Waals surface area contributed by atoms with Gasteiger partial charge in [-0.15, -0.1) is 0 Å². The number of benzene rings is 2. The molecule has 2 aromatic rings. The van der Waals surface area contributed by atoms with Gasteiger partial charge >= 0.3 is 0 Å². The predicted molar refractivity (Wildman–Crippen MR) is 96.8 cm³/mol. The Balaban J connectivity index is 1.54. The van der Waals surface area contributed by atoms with Crippen molar-refractivity contribution >= 4 is 27.5 Å². The number of aryl methyl sites for hydroxylation is 1. The van der Waals surface area contributed by atoms with Crippen molar-refractivity contribution in [1.29, 1.82) is 0 Å². The molecule has 6 heteroatoms. The molecule has 2 aliphatic heterocycles. The van der Waals surface area contributed by atoms with E-state index in [0.29, 0.717) is 26.4 Å². The molecule has 4 rings (SSSR count). The number of carbonyl (C=O) groups is 1. The molecule has 1 saturated heterocycles. The van der Waals surface area contributed by atoms with Gasteiger partial charge in [0.2, 0.25) is 0 Å². The van der Waals surface area contributed by atoms with E-state index < -0.39 is 5.79 Å². The zero-order valence-corrected chi connectivity index (χ0v) is 15.4. The van der Waals surface area contributed by atoms with Gasteiger partial charge in [-0.2, -0.15) is 0 Å². The number of hydrogen-bond acceptors (Lipinski definition) is 4. The smallest absolute Gasteiger partial charge is 0.292 e. The molecule has 0 unspecified atom stereocenters. The fourth-order valence-electron chi connectivity index (χ4n) is 3.21. The molecule has 130 valence electrons. The van der Waals surface area contributed by atoms with Crippen LogP contribution < -0.4 is 9.64 Å². The molecule has 0 bridgehead atoms. The van der Waals surface area contributed by atoms with Gasteiger partial charge in [0.1, 0.15) is 12.4 Å². The molecule has 2 heterocycles. The van der Waals surface area contributed by atoms with E-state index in [1.165, 1.54) is 5.56 Å². The summed E-state index contributed by atoms with van der Waals surface area (Å²) >= 11 is 3.46. The van der Waals surface area contributed by atoms with Gasteiger partial charge in [0, 0.05) is 10.0 Å². The van der Waals surface area contributed by atoms with E-state index in [-0.39, 0.29) is 5.91 Å². The van der Waals surface area contributed by atoms with Gasteiger partial charge in [-0.05, 0) is 37.3 Å². The fraction of sp³-hybridized carbons (Fsp3) is 0.316. The number of nitrogens with zero attached hydrogens (tertiary/aromatic N) is 1. The van der Waals surface area contributed by atoms with Gasteiger partial charge in [-0.3, -0.25) is 4.79 Å². The highest BCUT2D eigenvalue weighted by molar-refractivity contribution is 9.10. The first-order valence-electron chi connectivity index (χ1n) is 8.19. The number of fused-ring (bicyclic) bond motifs is 2. The topological polar surface area (TPSA) is 48.0 Å². The lowest BCUT2D eigenvalue weighted by Crippen LogP contribution is -2.42. The third-order valence-corrected chi connectivity index (χ3v) is 4.92. The Morgan fingerprint density at radius 3 is 2.60 bits per heavy atom. The Kier molecular flexibility index (Phi) is 4.27. The lowest BCUT2D eigenvalue weighted by molar-refractivity contribution is -0.180. The molecule has 0 radical (unpaired) electrons. The summed E-state index contributed by atoms with van der Waals surface area (Å²) in [6, 6.07) is 13.6. The molecule has 1 spiro atoms. The van der Waals surface area contributed by atoms with Crippen LogP contribution in [0, 0.1) is 6.92 Å². The fourth-order valence-corrected chi connectivity index (χ4v) is 3.57. The first-order valence-corrected chi connectivity index (χ1v) is 8.99. The largest absolute Gasteiger partial charge is 0.492 e. The Hall–Kier alpha value is -1.89. The summed E-state index contributed by atoms with van der Waals surface area (Å²) in [6.07, 6.45) is 0. The highest BCUT2D eigenvalue weighted by atomic mass is 79.9. The Bertz CT molecular complexity index is 800. The lowest BCUT2D eigenvalue weighted by Gasteiger charge is -2.22. The van der Waals surface area contributed by atoms with Crippen LogP contribution in [0.25, 0.3) is 0 Å². The third-order valence-electron chi connectivity index (χ3n) is 4.43. The molecular weight excluding hydrogens is 386 g/mol. The van der Waals surface area contributed by atoms with E-state index in [1.54, 1.807) is 4.90 Å². The quantitative estimate of drug-likeness (QED) is 0.784. The summed E-state index contributed by atoms with van der Waals surface area (Å²) in [7, 11) is 0. The SMILES string of the molecule is Cc1ccc(OCCN2C(=O)C3(OCCO3)c3cc(Br)ccc32)cc1. The molecule has 0 aromatic heterocycles. The van der Waals surface area contributed by atoms with Crippen molar-refractivity contribution in [3.63, 3.8) is 0 Å². The van der Waals surface area contributed by atoms with Gasteiger partial charge in [0.25, 0.3) is 11.7 Å².